The van der Waals surface area contributed by atoms with Gasteiger partial charge < -0.3 is 14.8 Å². The van der Waals surface area contributed by atoms with Crippen molar-refractivity contribution >= 4 is 56.5 Å². The highest BCUT2D eigenvalue weighted by Gasteiger charge is 2.35. The molecule has 1 heterocycles. The predicted molar refractivity (Wildman–Crippen MR) is 109 cm³/mol. The standard InChI is InChI=1S/C18H16Cl2N2O6S/c1-27-18(24)10-3-5-12(20)13(7-10)21-17(23)16-9-22(29(2,25)26)14-8-11(19)4-6-15(14)28-16/h3-8,16H,9H2,1-2H3,(H,21,23)/t16-/m0/s1. The topological polar surface area (TPSA) is 102 Å². The number of nitrogens with one attached hydrogen (secondary N) is 1. The first kappa shape index (κ1) is 21.2. The Hall–Kier alpha value is -2.49. The number of sulfonamides is 1. The number of amides is 1. The van der Waals surface area contributed by atoms with E-state index >= 15 is 0 Å². The van der Waals surface area contributed by atoms with E-state index in [0.29, 0.717) is 5.02 Å². The van der Waals surface area contributed by atoms with Crippen molar-refractivity contribution in [3.8, 4) is 5.75 Å². The number of carbonyl (C=O) groups excluding carboxylic acids is 2. The lowest BCUT2D eigenvalue weighted by molar-refractivity contribution is -0.122. The van der Waals surface area contributed by atoms with Crippen LogP contribution in [-0.2, 0) is 19.6 Å². The molecule has 0 radical (unpaired) electrons. The number of halogens is 2. The van der Waals surface area contributed by atoms with Gasteiger partial charge in [0.05, 0.1) is 41.9 Å². The van der Waals surface area contributed by atoms with Crippen LogP contribution in [0.4, 0.5) is 11.4 Å². The molecule has 0 saturated heterocycles. The van der Waals surface area contributed by atoms with Gasteiger partial charge in [0.1, 0.15) is 5.75 Å². The molecule has 0 bridgehead atoms. The molecular weight excluding hydrogens is 443 g/mol. The molecular formula is C18H16Cl2N2O6S. The summed E-state index contributed by atoms with van der Waals surface area (Å²) in [4.78, 5) is 24.5. The van der Waals surface area contributed by atoms with E-state index in [2.05, 4.69) is 10.1 Å². The minimum absolute atomic E-state index is 0.163. The molecule has 1 N–H and O–H groups in total. The van der Waals surface area contributed by atoms with Crippen LogP contribution < -0.4 is 14.4 Å². The van der Waals surface area contributed by atoms with Crippen molar-refractivity contribution in [2.75, 3.05) is 29.5 Å². The summed E-state index contributed by atoms with van der Waals surface area (Å²) >= 11 is 12.1. The highest BCUT2D eigenvalue weighted by molar-refractivity contribution is 7.92. The lowest BCUT2D eigenvalue weighted by Crippen LogP contribution is -2.48. The molecule has 3 rings (SSSR count). The van der Waals surface area contributed by atoms with Crippen molar-refractivity contribution in [2.45, 2.75) is 6.10 Å². The van der Waals surface area contributed by atoms with Crippen molar-refractivity contribution in [1.82, 2.24) is 0 Å². The number of hydrogen-bond donors (Lipinski definition) is 1. The zero-order chi connectivity index (χ0) is 21.3. The monoisotopic (exact) mass is 458 g/mol. The quantitative estimate of drug-likeness (QED) is 0.706. The number of methoxy groups -OCH3 is 1. The van der Waals surface area contributed by atoms with Crippen molar-refractivity contribution < 1.29 is 27.5 Å². The predicted octanol–water partition coefficient (Wildman–Crippen LogP) is 2.95. The number of nitrogens with zero attached hydrogens (tertiary/aromatic N) is 1. The molecule has 0 aromatic heterocycles. The number of anilines is 2. The molecule has 0 spiro atoms. The number of rotatable bonds is 4. The van der Waals surface area contributed by atoms with E-state index in [9.17, 15) is 18.0 Å². The lowest BCUT2D eigenvalue weighted by atomic mass is 10.2. The molecule has 0 saturated carbocycles. The van der Waals surface area contributed by atoms with Gasteiger partial charge in [0.2, 0.25) is 10.0 Å². The Balaban J connectivity index is 1.89. The van der Waals surface area contributed by atoms with E-state index in [4.69, 9.17) is 27.9 Å². The largest absolute Gasteiger partial charge is 0.476 e. The molecule has 1 aliphatic heterocycles. The van der Waals surface area contributed by atoms with Crippen molar-refractivity contribution in [3.05, 3.63) is 52.0 Å². The van der Waals surface area contributed by atoms with Gasteiger partial charge in [0.15, 0.2) is 6.10 Å². The van der Waals surface area contributed by atoms with Crippen LogP contribution in [0.3, 0.4) is 0 Å². The second kappa shape index (κ2) is 8.10. The highest BCUT2D eigenvalue weighted by atomic mass is 35.5. The normalized spacial score (nSPS) is 15.9. The van der Waals surface area contributed by atoms with Crippen LogP contribution in [0.15, 0.2) is 36.4 Å². The van der Waals surface area contributed by atoms with Gasteiger partial charge in [-0.3, -0.25) is 9.10 Å². The van der Waals surface area contributed by atoms with Gasteiger partial charge in [0.25, 0.3) is 5.91 Å². The third-order valence-corrected chi connectivity index (χ3v) is 5.84. The van der Waals surface area contributed by atoms with E-state index in [-0.39, 0.29) is 34.3 Å². The van der Waals surface area contributed by atoms with E-state index in [1.54, 1.807) is 0 Å². The molecule has 8 nitrogen and oxygen atoms in total. The SMILES string of the molecule is COC(=O)c1ccc(Cl)c(NC(=O)[C@@H]2CN(S(C)(=O)=O)c3cc(Cl)ccc3O2)c1. The summed E-state index contributed by atoms with van der Waals surface area (Å²) in [6.07, 6.45) is -0.134. The number of hydrogen-bond acceptors (Lipinski definition) is 6. The van der Waals surface area contributed by atoms with Crippen molar-refractivity contribution in [1.29, 1.82) is 0 Å². The fraction of sp³-hybridized carbons (Fsp3) is 0.222. The highest BCUT2D eigenvalue weighted by Crippen LogP contribution is 2.37. The summed E-state index contributed by atoms with van der Waals surface area (Å²) in [7, 11) is -2.47. The van der Waals surface area contributed by atoms with E-state index in [0.717, 1.165) is 10.6 Å². The molecule has 2 aromatic carbocycles. The summed E-state index contributed by atoms with van der Waals surface area (Å²) < 4.78 is 35.8. The van der Waals surface area contributed by atoms with Crippen LogP contribution in [0.25, 0.3) is 0 Å². The number of ether oxygens (including phenoxy) is 2. The van der Waals surface area contributed by atoms with Gasteiger partial charge in [-0.15, -0.1) is 0 Å². The lowest BCUT2D eigenvalue weighted by Gasteiger charge is -2.34. The molecule has 154 valence electrons. The summed E-state index contributed by atoms with van der Waals surface area (Å²) in [6.45, 7) is -0.258. The molecule has 1 aliphatic rings. The van der Waals surface area contributed by atoms with Gasteiger partial charge in [0, 0.05) is 5.02 Å². The summed E-state index contributed by atoms with van der Waals surface area (Å²) in [6, 6.07) is 8.70. The van der Waals surface area contributed by atoms with Crippen LogP contribution in [0, 0.1) is 0 Å². The van der Waals surface area contributed by atoms with Crippen LogP contribution >= 0.6 is 23.2 Å². The fourth-order valence-electron chi connectivity index (χ4n) is 2.75. The molecule has 0 unspecified atom stereocenters. The summed E-state index contributed by atoms with van der Waals surface area (Å²) in [5.41, 5.74) is 0.597. The minimum atomic E-state index is -3.70. The van der Waals surface area contributed by atoms with Crippen LogP contribution in [-0.4, -0.2) is 46.3 Å². The van der Waals surface area contributed by atoms with Crippen LogP contribution in [0.5, 0.6) is 5.75 Å². The van der Waals surface area contributed by atoms with E-state index < -0.39 is 28.0 Å². The molecule has 29 heavy (non-hydrogen) atoms. The van der Waals surface area contributed by atoms with Crippen LogP contribution in [0.1, 0.15) is 10.4 Å². The smallest absolute Gasteiger partial charge is 0.337 e. The Bertz CT molecular complexity index is 1090. The maximum atomic E-state index is 12.8. The molecule has 0 fully saturated rings. The maximum absolute atomic E-state index is 12.8. The molecule has 1 amide bonds. The zero-order valence-electron chi connectivity index (χ0n) is 15.3. The van der Waals surface area contributed by atoms with E-state index in [1.165, 1.54) is 43.5 Å². The Morgan fingerprint density at radius 3 is 2.59 bits per heavy atom. The van der Waals surface area contributed by atoms with Gasteiger partial charge >= 0.3 is 5.97 Å². The zero-order valence-corrected chi connectivity index (χ0v) is 17.6. The second-order valence-electron chi connectivity index (χ2n) is 6.19. The minimum Gasteiger partial charge on any atom is -0.476 e. The second-order valence-corrected chi connectivity index (χ2v) is 8.94. The number of carbonyl (C=O) groups is 2. The first-order valence-electron chi connectivity index (χ1n) is 8.23. The van der Waals surface area contributed by atoms with Gasteiger partial charge in [-0.05, 0) is 36.4 Å². The number of esters is 1. The van der Waals surface area contributed by atoms with Gasteiger partial charge in [-0.2, -0.15) is 0 Å². The maximum Gasteiger partial charge on any atom is 0.337 e. The third-order valence-electron chi connectivity index (χ3n) is 4.13. The third kappa shape index (κ3) is 4.58. The Kier molecular flexibility index (Phi) is 5.92. The molecule has 2 aromatic rings. The Morgan fingerprint density at radius 1 is 1.21 bits per heavy atom. The van der Waals surface area contributed by atoms with Crippen molar-refractivity contribution in [2.24, 2.45) is 0 Å². The Labute approximate surface area is 177 Å². The fourth-order valence-corrected chi connectivity index (χ4v) is 3.99. The Morgan fingerprint density at radius 2 is 1.93 bits per heavy atom. The molecule has 1 atom stereocenters. The average Bonchev–Trinajstić information content (AvgIpc) is 2.67. The first-order chi connectivity index (χ1) is 13.6. The van der Waals surface area contributed by atoms with Gasteiger partial charge in [-0.25, -0.2) is 13.2 Å². The summed E-state index contributed by atoms with van der Waals surface area (Å²) in [5, 5.41) is 3.08. The molecule has 0 aliphatic carbocycles. The van der Waals surface area contributed by atoms with E-state index in [1.807, 2.05) is 0 Å². The average molecular weight is 459 g/mol. The van der Waals surface area contributed by atoms with Gasteiger partial charge in [-0.1, -0.05) is 23.2 Å². The summed E-state index contributed by atoms with van der Waals surface area (Å²) in [5.74, 6) is -1.04. The van der Waals surface area contributed by atoms with Crippen LogP contribution in [0.2, 0.25) is 10.0 Å². The van der Waals surface area contributed by atoms with Crippen molar-refractivity contribution in [3.63, 3.8) is 0 Å². The number of benzene rings is 2. The first-order valence-corrected chi connectivity index (χ1v) is 10.8. The number of fused-ring (bicyclic) bond motifs is 1. The molecule has 11 heteroatoms.